The van der Waals surface area contributed by atoms with Gasteiger partial charge < -0.3 is 10.3 Å². The Morgan fingerprint density at radius 3 is 2.94 bits per heavy atom. The van der Waals surface area contributed by atoms with E-state index in [-0.39, 0.29) is 0 Å². The topological polar surface area (TPSA) is 27.8 Å². The molecule has 2 aliphatic rings. The number of aromatic amines is 1. The normalized spacial score (nSPS) is 31.9. The molecule has 1 heterocycles. The van der Waals surface area contributed by atoms with E-state index in [2.05, 4.69) is 35.6 Å². The third-order valence-corrected chi connectivity index (χ3v) is 5.06. The second-order valence-electron chi connectivity index (χ2n) is 6.30. The van der Waals surface area contributed by atoms with Crippen LogP contribution in [0.1, 0.15) is 57.2 Å². The molecule has 4 atom stereocenters. The average molecular weight is 246 g/mol. The molecule has 2 N–H and O–H groups in total. The molecular weight excluding hydrogens is 220 g/mol. The lowest BCUT2D eigenvalue weighted by molar-refractivity contribution is 0.277. The third-order valence-electron chi connectivity index (χ3n) is 5.06. The molecule has 0 aromatic carbocycles. The van der Waals surface area contributed by atoms with Gasteiger partial charge in [0, 0.05) is 17.9 Å². The van der Waals surface area contributed by atoms with Crippen molar-refractivity contribution < 1.29 is 0 Å². The van der Waals surface area contributed by atoms with Gasteiger partial charge in [0.1, 0.15) is 0 Å². The SMILES string of the molecule is CCCNC(CC1CC2CCC1C2)c1ccc[nH]1. The summed E-state index contributed by atoms with van der Waals surface area (Å²) in [4.78, 5) is 3.40. The Morgan fingerprint density at radius 1 is 1.39 bits per heavy atom. The fourth-order valence-electron chi connectivity index (χ4n) is 4.17. The molecule has 0 aliphatic heterocycles. The molecular formula is C16H26N2. The van der Waals surface area contributed by atoms with E-state index in [9.17, 15) is 0 Å². The summed E-state index contributed by atoms with van der Waals surface area (Å²) >= 11 is 0. The number of hydrogen-bond acceptors (Lipinski definition) is 1. The first-order valence-electron chi connectivity index (χ1n) is 7.73. The Hall–Kier alpha value is -0.760. The van der Waals surface area contributed by atoms with Crippen molar-refractivity contribution in [2.45, 2.75) is 51.5 Å². The van der Waals surface area contributed by atoms with Gasteiger partial charge in [-0.1, -0.05) is 13.3 Å². The van der Waals surface area contributed by atoms with Crippen LogP contribution in [0.3, 0.4) is 0 Å². The summed E-state index contributed by atoms with van der Waals surface area (Å²) in [6.45, 7) is 3.38. The molecule has 2 saturated carbocycles. The van der Waals surface area contributed by atoms with E-state index in [0.29, 0.717) is 6.04 Å². The molecule has 3 rings (SSSR count). The predicted molar refractivity (Wildman–Crippen MR) is 75.4 cm³/mol. The highest BCUT2D eigenvalue weighted by atomic mass is 14.9. The van der Waals surface area contributed by atoms with E-state index in [1.807, 2.05) is 0 Å². The maximum atomic E-state index is 3.73. The van der Waals surface area contributed by atoms with Crippen LogP contribution in [0.25, 0.3) is 0 Å². The first kappa shape index (κ1) is 12.3. The molecule has 0 radical (unpaired) electrons. The number of H-pyrrole nitrogens is 1. The zero-order valence-electron chi connectivity index (χ0n) is 11.5. The molecule has 18 heavy (non-hydrogen) atoms. The molecule has 100 valence electrons. The minimum absolute atomic E-state index is 0.546. The lowest BCUT2D eigenvalue weighted by atomic mass is 9.83. The van der Waals surface area contributed by atoms with Gasteiger partial charge >= 0.3 is 0 Å². The Morgan fingerprint density at radius 2 is 2.33 bits per heavy atom. The van der Waals surface area contributed by atoms with Crippen molar-refractivity contribution in [1.29, 1.82) is 0 Å². The minimum atomic E-state index is 0.546. The van der Waals surface area contributed by atoms with Crippen LogP contribution in [0.2, 0.25) is 0 Å². The van der Waals surface area contributed by atoms with Gasteiger partial charge in [0.25, 0.3) is 0 Å². The van der Waals surface area contributed by atoms with Crippen molar-refractivity contribution in [3.63, 3.8) is 0 Å². The zero-order chi connectivity index (χ0) is 12.4. The molecule has 2 nitrogen and oxygen atoms in total. The van der Waals surface area contributed by atoms with E-state index in [1.165, 1.54) is 44.2 Å². The fraction of sp³-hybridized carbons (Fsp3) is 0.750. The van der Waals surface area contributed by atoms with E-state index in [0.717, 1.165) is 24.3 Å². The fourth-order valence-corrected chi connectivity index (χ4v) is 4.17. The monoisotopic (exact) mass is 246 g/mol. The van der Waals surface area contributed by atoms with Gasteiger partial charge in [-0.3, -0.25) is 0 Å². The van der Waals surface area contributed by atoms with Crippen LogP contribution < -0.4 is 5.32 Å². The van der Waals surface area contributed by atoms with Crippen LogP contribution in [-0.4, -0.2) is 11.5 Å². The van der Waals surface area contributed by atoms with Crippen molar-refractivity contribution in [2.75, 3.05) is 6.54 Å². The lowest BCUT2D eigenvalue weighted by Gasteiger charge is -2.27. The van der Waals surface area contributed by atoms with Gasteiger partial charge in [-0.2, -0.15) is 0 Å². The number of nitrogens with one attached hydrogen (secondary N) is 2. The summed E-state index contributed by atoms with van der Waals surface area (Å²) in [5.41, 5.74) is 1.38. The van der Waals surface area contributed by atoms with Crippen LogP contribution in [0.15, 0.2) is 18.3 Å². The van der Waals surface area contributed by atoms with E-state index in [4.69, 9.17) is 0 Å². The summed E-state index contributed by atoms with van der Waals surface area (Å²) in [7, 11) is 0. The maximum Gasteiger partial charge on any atom is 0.0475 e. The largest absolute Gasteiger partial charge is 0.364 e. The molecule has 4 unspecified atom stereocenters. The second-order valence-corrected chi connectivity index (χ2v) is 6.30. The summed E-state index contributed by atoms with van der Waals surface area (Å²) in [5, 5.41) is 3.73. The molecule has 2 aliphatic carbocycles. The molecule has 1 aromatic rings. The zero-order valence-corrected chi connectivity index (χ0v) is 11.5. The van der Waals surface area contributed by atoms with E-state index < -0.39 is 0 Å². The number of fused-ring (bicyclic) bond motifs is 2. The average Bonchev–Trinajstić information content (AvgIpc) is 3.09. The quantitative estimate of drug-likeness (QED) is 0.783. The van der Waals surface area contributed by atoms with Crippen molar-refractivity contribution in [3.05, 3.63) is 24.0 Å². The van der Waals surface area contributed by atoms with Gasteiger partial charge in [0.15, 0.2) is 0 Å². The molecule has 1 aromatic heterocycles. The Kier molecular flexibility index (Phi) is 3.74. The van der Waals surface area contributed by atoms with Gasteiger partial charge in [-0.05, 0) is 68.5 Å². The highest BCUT2D eigenvalue weighted by Crippen LogP contribution is 2.50. The third kappa shape index (κ3) is 2.49. The first-order valence-corrected chi connectivity index (χ1v) is 7.73. The molecule has 2 bridgehead atoms. The smallest absolute Gasteiger partial charge is 0.0475 e. The standard InChI is InChI=1S/C16H26N2/c1-2-7-17-16(15-4-3-8-18-15)11-14-10-12-5-6-13(14)9-12/h3-4,8,12-14,16-18H,2,5-7,9-11H2,1H3. The van der Waals surface area contributed by atoms with Gasteiger partial charge in [-0.15, -0.1) is 0 Å². The summed E-state index contributed by atoms with van der Waals surface area (Å²) in [6.07, 6.45) is 10.6. The first-order chi connectivity index (χ1) is 8.86. The predicted octanol–water partition coefficient (Wildman–Crippen LogP) is 3.88. The highest BCUT2D eigenvalue weighted by molar-refractivity contribution is 5.10. The molecule has 2 fully saturated rings. The highest BCUT2D eigenvalue weighted by Gasteiger charge is 2.40. The summed E-state index contributed by atoms with van der Waals surface area (Å²) in [5.74, 6) is 3.08. The van der Waals surface area contributed by atoms with Crippen LogP contribution in [0.5, 0.6) is 0 Å². The van der Waals surface area contributed by atoms with E-state index >= 15 is 0 Å². The van der Waals surface area contributed by atoms with Crippen LogP contribution in [-0.2, 0) is 0 Å². The maximum absolute atomic E-state index is 3.73. The van der Waals surface area contributed by atoms with Crippen molar-refractivity contribution >= 4 is 0 Å². The van der Waals surface area contributed by atoms with Crippen molar-refractivity contribution in [1.82, 2.24) is 10.3 Å². The van der Waals surface area contributed by atoms with Gasteiger partial charge in [0.2, 0.25) is 0 Å². The lowest BCUT2D eigenvalue weighted by Crippen LogP contribution is -2.26. The Bertz CT molecular complexity index is 357. The van der Waals surface area contributed by atoms with Crippen LogP contribution >= 0.6 is 0 Å². The Balaban J connectivity index is 1.62. The number of hydrogen-bond donors (Lipinski definition) is 2. The molecule has 0 amide bonds. The summed E-state index contributed by atoms with van der Waals surface area (Å²) in [6, 6.07) is 4.90. The summed E-state index contributed by atoms with van der Waals surface area (Å²) < 4.78 is 0. The van der Waals surface area contributed by atoms with E-state index in [1.54, 1.807) is 0 Å². The minimum Gasteiger partial charge on any atom is -0.364 e. The molecule has 0 spiro atoms. The second kappa shape index (κ2) is 5.48. The molecule has 0 saturated heterocycles. The molecule has 2 heteroatoms. The van der Waals surface area contributed by atoms with Crippen molar-refractivity contribution in [2.24, 2.45) is 17.8 Å². The van der Waals surface area contributed by atoms with Crippen LogP contribution in [0.4, 0.5) is 0 Å². The van der Waals surface area contributed by atoms with Gasteiger partial charge in [-0.25, -0.2) is 0 Å². The van der Waals surface area contributed by atoms with Gasteiger partial charge in [0.05, 0.1) is 0 Å². The number of aromatic nitrogens is 1. The van der Waals surface area contributed by atoms with Crippen molar-refractivity contribution in [3.8, 4) is 0 Å². The number of rotatable bonds is 6. The Labute approximate surface area is 111 Å². The van der Waals surface area contributed by atoms with Crippen LogP contribution in [0, 0.1) is 17.8 Å².